The van der Waals surface area contributed by atoms with Crippen LogP contribution in [0.15, 0.2) is 48.5 Å². The van der Waals surface area contributed by atoms with Gasteiger partial charge in [-0.1, -0.05) is 59.9 Å². The van der Waals surface area contributed by atoms with E-state index in [1.54, 1.807) is 0 Å². The number of ether oxygens (including phenoxy) is 1. The number of fused-ring (bicyclic) bond motifs is 3. The number of hydrogen-bond acceptors (Lipinski definition) is 6. The van der Waals surface area contributed by atoms with Crippen molar-refractivity contribution < 1.29 is 33.0 Å². The average Bonchev–Trinajstić information content (AvgIpc) is 3.33. The van der Waals surface area contributed by atoms with Gasteiger partial charge >= 0.3 is 18.0 Å². The third kappa shape index (κ3) is 4.60. The Hall–Kier alpha value is -3.86. The van der Waals surface area contributed by atoms with Crippen LogP contribution in [-0.2, 0) is 9.53 Å². The van der Waals surface area contributed by atoms with Crippen molar-refractivity contribution in [1.82, 2.24) is 10.3 Å². The summed E-state index contributed by atoms with van der Waals surface area (Å²) in [7, 11) is 0. The third-order valence-electron chi connectivity index (χ3n) is 5.34. The highest BCUT2D eigenvalue weighted by molar-refractivity contribution is 7.17. The van der Waals surface area contributed by atoms with Gasteiger partial charge in [-0.15, -0.1) is 0 Å². The lowest BCUT2D eigenvalue weighted by molar-refractivity contribution is -0.163. The van der Waals surface area contributed by atoms with E-state index in [0.29, 0.717) is 0 Å². The zero-order chi connectivity index (χ0) is 24.5. The molecule has 1 aliphatic rings. The molecule has 2 aromatic carbocycles. The van der Waals surface area contributed by atoms with Gasteiger partial charge in [0.25, 0.3) is 5.91 Å². The number of rotatable bonds is 7. The molecule has 11 heteroatoms. The predicted molar refractivity (Wildman–Crippen MR) is 120 cm³/mol. The summed E-state index contributed by atoms with van der Waals surface area (Å²) in [5, 5.41) is 12.8. The molecular weight excluding hydrogens is 468 g/mol. The Labute approximate surface area is 196 Å². The van der Waals surface area contributed by atoms with Crippen LogP contribution in [-0.4, -0.2) is 47.1 Å². The topological polar surface area (TPSA) is 118 Å². The largest absolute Gasteiger partial charge is 0.477 e. The minimum atomic E-state index is -4.10. The lowest BCUT2D eigenvalue weighted by atomic mass is 9.98. The molecule has 1 heterocycles. The van der Waals surface area contributed by atoms with E-state index in [1.165, 1.54) is 6.92 Å². The van der Waals surface area contributed by atoms with Crippen molar-refractivity contribution in [3.05, 3.63) is 70.2 Å². The highest BCUT2D eigenvalue weighted by atomic mass is 32.1. The second-order valence-electron chi connectivity index (χ2n) is 7.58. The summed E-state index contributed by atoms with van der Waals surface area (Å²) in [5.74, 6) is -7.49. The van der Waals surface area contributed by atoms with Crippen molar-refractivity contribution in [1.29, 1.82) is 0 Å². The number of thiazole rings is 1. The average molecular weight is 487 g/mol. The summed E-state index contributed by atoms with van der Waals surface area (Å²) in [6.07, 6.45) is -0.778. The van der Waals surface area contributed by atoms with Crippen LogP contribution in [0.25, 0.3) is 11.1 Å². The molecule has 2 amide bonds. The van der Waals surface area contributed by atoms with Crippen molar-refractivity contribution in [2.24, 2.45) is 0 Å². The number of aromatic nitrogens is 1. The number of anilines is 1. The number of carbonyl (C=O) groups is 3. The van der Waals surface area contributed by atoms with Gasteiger partial charge in [-0.25, -0.2) is 14.6 Å². The fourth-order valence-corrected chi connectivity index (χ4v) is 4.60. The van der Waals surface area contributed by atoms with Crippen LogP contribution in [0.5, 0.6) is 0 Å². The number of hydrogen-bond donors (Lipinski definition) is 3. The lowest BCUT2D eigenvalue weighted by Crippen LogP contribution is -2.42. The molecule has 34 heavy (non-hydrogen) atoms. The first-order chi connectivity index (χ1) is 16.2. The van der Waals surface area contributed by atoms with Crippen molar-refractivity contribution in [2.75, 3.05) is 18.5 Å². The van der Waals surface area contributed by atoms with Gasteiger partial charge in [-0.3, -0.25) is 10.1 Å². The lowest BCUT2D eigenvalue weighted by Gasteiger charge is -2.14. The normalized spacial score (nSPS) is 12.6. The Kier molecular flexibility index (Phi) is 6.29. The summed E-state index contributed by atoms with van der Waals surface area (Å²) in [5.41, 5.74) is 4.48. The van der Waals surface area contributed by atoms with Crippen LogP contribution in [0.2, 0.25) is 0 Å². The van der Waals surface area contributed by atoms with Gasteiger partial charge in [0.15, 0.2) is 5.13 Å². The third-order valence-corrected chi connectivity index (χ3v) is 6.41. The fourth-order valence-electron chi connectivity index (χ4n) is 3.73. The quantitative estimate of drug-likeness (QED) is 0.458. The number of carboxylic acids is 1. The number of nitrogens with zero attached hydrogens (tertiary/aromatic N) is 1. The van der Waals surface area contributed by atoms with Crippen molar-refractivity contribution in [3.8, 4) is 11.1 Å². The number of aryl methyl sites for hydroxylation is 1. The number of carboxylic acid groups (broad SMARTS) is 1. The first-order valence-electron chi connectivity index (χ1n) is 10.2. The Morgan fingerprint density at radius 3 is 2.26 bits per heavy atom. The molecule has 1 aromatic heterocycles. The van der Waals surface area contributed by atoms with Crippen LogP contribution >= 0.6 is 11.3 Å². The Morgan fingerprint density at radius 1 is 1.09 bits per heavy atom. The van der Waals surface area contributed by atoms with Gasteiger partial charge in [0.1, 0.15) is 11.5 Å². The molecule has 0 fully saturated rings. The van der Waals surface area contributed by atoms with E-state index in [1.807, 2.05) is 53.8 Å². The van der Waals surface area contributed by atoms with Gasteiger partial charge in [-0.05, 0) is 29.2 Å². The Balaban J connectivity index is 1.38. The van der Waals surface area contributed by atoms with Gasteiger partial charge in [0.05, 0.1) is 12.2 Å². The molecule has 1 aliphatic carbocycles. The highest BCUT2D eigenvalue weighted by Gasteiger charge is 2.39. The molecule has 0 aliphatic heterocycles. The van der Waals surface area contributed by atoms with Crippen molar-refractivity contribution >= 4 is 34.4 Å². The van der Waals surface area contributed by atoms with E-state index in [0.717, 1.165) is 33.6 Å². The Bertz CT molecular complexity index is 1230. The van der Waals surface area contributed by atoms with Gasteiger partial charge < -0.3 is 15.2 Å². The summed E-state index contributed by atoms with van der Waals surface area (Å²) >= 11 is 0.763. The molecule has 8 nitrogen and oxygen atoms in total. The zero-order valence-electron chi connectivity index (χ0n) is 17.8. The zero-order valence-corrected chi connectivity index (χ0v) is 18.6. The maximum absolute atomic E-state index is 13.2. The number of nitrogens with one attached hydrogen (secondary N) is 2. The maximum atomic E-state index is 13.2. The molecule has 0 bridgehead atoms. The molecule has 0 saturated heterocycles. The number of halogens is 2. The molecule has 3 N–H and O–H groups in total. The number of amides is 2. The molecule has 0 saturated carbocycles. The van der Waals surface area contributed by atoms with E-state index in [9.17, 15) is 23.2 Å². The van der Waals surface area contributed by atoms with E-state index in [2.05, 4.69) is 10.3 Å². The van der Waals surface area contributed by atoms with E-state index < -0.39 is 30.4 Å². The number of carbonyl (C=O) groups excluding carboxylic acids is 2. The number of aliphatic carboxylic acids is 1. The SMILES string of the molecule is Cc1nc(NC(=O)OCC2c3ccccc3-c3ccccc32)sc1C(=O)NCC(F)(F)C(=O)O. The fraction of sp³-hybridized carbons (Fsp3) is 0.217. The molecule has 0 radical (unpaired) electrons. The van der Waals surface area contributed by atoms with Crippen molar-refractivity contribution in [3.63, 3.8) is 0 Å². The molecule has 4 rings (SSSR count). The summed E-state index contributed by atoms with van der Waals surface area (Å²) < 4.78 is 31.8. The summed E-state index contributed by atoms with van der Waals surface area (Å²) in [4.78, 5) is 39.0. The Morgan fingerprint density at radius 2 is 1.68 bits per heavy atom. The second-order valence-corrected chi connectivity index (χ2v) is 8.58. The highest BCUT2D eigenvalue weighted by Crippen LogP contribution is 2.44. The van der Waals surface area contributed by atoms with E-state index in [-0.39, 0.29) is 28.2 Å². The van der Waals surface area contributed by atoms with Gasteiger partial charge in [-0.2, -0.15) is 8.78 Å². The minimum Gasteiger partial charge on any atom is -0.477 e. The van der Waals surface area contributed by atoms with Gasteiger partial charge in [0, 0.05) is 5.92 Å². The molecule has 0 spiro atoms. The van der Waals surface area contributed by atoms with E-state index in [4.69, 9.17) is 9.84 Å². The molecular formula is C23H19F2N3O5S. The van der Waals surface area contributed by atoms with Crippen LogP contribution in [0.3, 0.4) is 0 Å². The molecule has 3 aromatic rings. The first-order valence-corrected chi connectivity index (χ1v) is 11.0. The second kappa shape index (κ2) is 9.18. The first kappa shape index (κ1) is 23.3. The minimum absolute atomic E-state index is 0.0323. The predicted octanol–water partition coefficient (Wildman–Crippen LogP) is 4.26. The smallest absolute Gasteiger partial charge is 0.413 e. The molecule has 176 valence electrons. The van der Waals surface area contributed by atoms with Crippen LogP contribution in [0.4, 0.5) is 18.7 Å². The molecule has 0 atom stereocenters. The summed E-state index contributed by atoms with van der Waals surface area (Å²) in [6.45, 7) is 0.180. The van der Waals surface area contributed by atoms with Crippen LogP contribution < -0.4 is 10.6 Å². The monoisotopic (exact) mass is 487 g/mol. The number of benzene rings is 2. The van der Waals surface area contributed by atoms with Crippen LogP contribution in [0.1, 0.15) is 32.4 Å². The van der Waals surface area contributed by atoms with Crippen LogP contribution in [0, 0.1) is 6.92 Å². The number of alkyl halides is 2. The molecule has 0 unspecified atom stereocenters. The standard InChI is InChI=1S/C23H19F2N3O5S/c1-12-18(19(29)26-11-23(24,25)20(30)31)34-21(27-12)28-22(32)33-10-17-15-8-4-2-6-13(15)14-7-3-5-9-16(14)17/h2-9,17H,10-11H2,1H3,(H,26,29)(H,30,31)(H,27,28,32). The maximum Gasteiger partial charge on any atom is 0.413 e. The van der Waals surface area contributed by atoms with Crippen molar-refractivity contribution in [2.45, 2.75) is 18.8 Å². The summed E-state index contributed by atoms with van der Waals surface area (Å²) in [6, 6.07) is 15.8. The van der Waals surface area contributed by atoms with E-state index >= 15 is 0 Å². The van der Waals surface area contributed by atoms with Gasteiger partial charge in [0.2, 0.25) is 0 Å².